The van der Waals surface area contributed by atoms with Crippen LogP contribution in [-0.2, 0) is 9.59 Å². The van der Waals surface area contributed by atoms with Crippen LogP contribution in [-0.4, -0.2) is 29.4 Å². The van der Waals surface area contributed by atoms with Crippen LogP contribution >= 0.6 is 11.8 Å². The molecule has 0 aliphatic heterocycles. The van der Waals surface area contributed by atoms with E-state index in [-0.39, 0.29) is 23.4 Å². The van der Waals surface area contributed by atoms with E-state index in [1.54, 1.807) is 31.2 Å². The minimum Gasteiger partial charge on any atom is -0.494 e. The van der Waals surface area contributed by atoms with Crippen LogP contribution in [0.15, 0.2) is 48.5 Å². The summed E-state index contributed by atoms with van der Waals surface area (Å²) in [5.41, 5.74) is 1.19. The number of rotatable bonds is 8. The number of nitrogens with one attached hydrogen (secondary N) is 2. The van der Waals surface area contributed by atoms with Crippen molar-refractivity contribution in [3.8, 4) is 5.75 Å². The number of hydrogen-bond acceptors (Lipinski definition) is 4. The van der Waals surface area contributed by atoms with E-state index in [2.05, 4.69) is 10.6 Å². The number of thioether (sulfide) groups is 1. The molecular formula is C19H21FN2O3S. The van der Waals surface area contributed by atoms with Gasteiger partial charge in [-0.25, -0.2) is 4.39 Å². The molecule has 2 rings (SSSR count). The highest BCUT2D eigenvalue weighted by atomic mass is 32.2. The van der Waals surface area contributed by atoms with Crippen LogP contribution in [0.25, 0.3) is 0 Å². The molecule has 0 aromatic heterocycles. The van der Waals surface area contributed by atoms with E-state index in [0.717, 1.165) is 5.75 Å². The second kappa shape index (κ2) is 9.82. The Labute approximate surface area is 156 Å². The Morgan fingerprint density at radius 2 is 1.62 bits per heavy atom. The van der Waals surface area contributed by atoms with Gasteiger partial charge in [0.05, 0.1) is 17.6 Å². The van der Waals surface area contributed by atoms with Gasteiger partial charge in [-0.2, -0.15) is 0 Å². The van der Waals surface area contributed by atoms with Crippen LogP contribution in [0.2, 0.25) is 0 Å². The highest BCUT2D eigenvalue weighted by molar-refractivity contribution is 8.01. The third-order valence-corrected chi connectivity index (χ3v) is 4.54. The minimum absolute atomic E-state index is 0.144. The fourth-order valence-corrected chi connectivity index (χ4v) is 2.74. The fraction of sp³-hybridized carbons (Fsp3) is 0.263. The van der Waals surface area contributed by atoms with E-state index in [0.29, 0.717) is 18.0 Å². The number of amides is 2. The van der Waals surface area contributed by atoms with Crippen molar-refractivity contribution in [2.24, 2.45) is 0 Å². The maximum absolute atomic E-state index is 12.9. The van der Waals surface area contributed by atoms with Crippen molar-refractivity contribution in [1.82, 2.24) is 0 Å². The van der Waals surface area contributed by atoms with Crippen LogP contribution in [0.4, 0.5) is 15.8 Å². The Hall–Kier alpha value is -2.54. The molecule has 1 unspecified atom stereocenters. The maximum atomic E-state index is 12.9. The van der Waals surface area contributed by atoms with Gasteiger partial charge in [0.2, 0.25) is 11.8 Å². The van der Waals surface area contributed by atoms with E-state index in [1.807, 2.05) is 6.92 Å². The zero-order valence-electron chi connectivity index (χ0n) is 14.6. The van der Waals surface area contributed by atoms with Gasteiger partial charge in [0.25, 0.3) is 0 Å². The number of ether oxygens (including phenoxy) is 1. The lowest BCUT2D eigenvalue weighted by molar-refractivity contribution is -0.115. The Morgan fingerprint density at radius 3 is 2.23 bits per heavy atom. The standard InChI is InChI=1S/C19H21FN2O3S/c1-3-25-17-10-8-15(9-11-17)21-18(23)12-26-13(2)19(24)22-16-6-4-14(20)5-7-16/h4-11,13H,3,12H2,1-2H3,(H,21,23)(H,22,24). The molecule has 2 amide bonds. The maximum Gasteiger partial charge on any atom is 0.237 e. The SMILES string of the molecule is CCOc1ccc(NC(=O)CSC(C)C(=O)Nc2ccc(F)cc2)cc1. The lowest BCUT2D eigenvalue weighted by Crippen LogP contribution is -2.25. The zero-order valence-corrected chi connectivity index (χ0v) is 15.4. The molecule has 2 aromatic carbocycles. The lowest BCUT2D eigenvalue weighted by atomic mass is 10.3. The topological polar surface area (TPSA) is 67.4 Å². The first-order chi connectivity index (χ1) is 12.5. The van der Waals surface area contributed by atoms with Crippen molar-refractivity contribution in [3.05, 3.63) is 54.3 Å². The second-order valence-corrected chi connectivity index (χ2v) is 6.78. The van der Waals surface area contributed by atoms with Crippen molar-refractivity contribution >= 4 is 35.0 Å². The highest BCUT2D eigenvalue weighted by Crippen LogP contribution is 2.18. The van der Waals surface area contributed by atoms with Crippen molar-refractivity contribution in [2.45, 2.75) is 19.1 Å². The average Bonchev–Trinajstić information content (AvgIpc) is 2.63. The predicted molar refractivity (Wildman–Crippen MR) is 103 cm³/mol. The molecule has 0 saturated carbocycles. The summed E-state index contributed by atoms with van der Waals surface area (Å²) in [5, 5.41) is 5.04. The number of benzene rings is 2. The number of carbonyl (C=O) groups excluding carboxylic acids is 2. The van der Waals surface area contributed by atoms with Crippen molar-refractivity contribution in [1.29, 1.82) is 0 Å². The van der Waals surface area contributed by atoms with E-state index in [1.165, 1.54) is 36.0 Å². The summed E-state index contributed by atoms with van der Waals surface area (Å²) in [6, 6.07) is 12.6. The highest BCUT2D eigenvalue weighted by Gasteiger charge is 2.15. The molecule has 1 atom stereocenters. The van der Waals surface area contributed by atoms with E-state index >= 15 is 0 Å². The predicted octanol–water partition coefficient (Wildman–Crippen LogP) is 3.92. The molecule has 0 bridgehead atoms. The molecule has 0 saturated heterocycles. The molecular weight excluding hydrogens is 355 g/mol. The molecule has 2 aromatic rings. The average molecular weight is 376 g/mol. The van der Waals surface area contributed by atoms with Crippen LogP contribution in [0, 0.1) is 5.82 Å². The fourth-order valence-electron chi connectivity index (χ4n) is 2.05. The van der Waals surface area contributed by atoms with E-state index in [4.69, 9.17) is 4.74 Å². The summed E-state index contributed by atoms with van der Waals surface area (Å²) in [5.74, 6) is 0.0870. The van der Waals surface area contributed by atoms with E-state index in [9.17, 15) is 14.0 Å². The molecule has 138 valence electrons. The number of halogens is 1. The monoisotopic (exact) mass is 376 g/mol. The summed E-state index contributed by atoms with van der Waals surface area (Å²) in [4.78, 5) is 24.1. The zero-order chi connectivity index (χ0) is 18.9. The van der Waals surface area contributed by atoms with Crippen LogP contribution in [0.3, 0.4) is 0 Å². The summed E-state index contributed by atoms with van der Waals surface area (Å²) >= 11 is 1.22. The van der Waals surface area contributed by atoms with Gasteiger partial charge in [0.15, 0.2) is 0 Å². The van der Waals surface area contributed by atoms with E-state index < -0.39 is 5.25 Å². The smallest absolute Gasteiger partial charge is 0.237 e. The lowest BCUT2D eigenvalue weighted by Gasteiger charge is -2.12. The summed E-state index contributed by atoms with van der Waals surface area (Å²) in [6.07, 6.45) is 0. The minimum atomic E-state index is -0.425. The van der Waals surface area contributed by atoms with Crippen LogP contribution in [0.5, 0.6) is 5.75 Å². The van der Waals surface area contributed by atoms with Gasteiger partial charge in [0, 0.05) is 11.4 Å². The molecule has 0 heterocycles. The van der Waals surface area contributed by atoms with Crippen molar-refractivity contribution < 1.29 is 18.7 Å². The van der Waals surface area contributed by atoms with Crippen molar-refractivity contribution in [3.63, 3.8) is 0 Å². The first-order valence-corrected chi connectivity index (χ1v) is 9.23. The van der Waals surface area contributed by atoms with Gasteiger partial charge in [-0.1, -0.05) is 0 Å². The molecule has 5 nitrogen and oxygen atoms in total. The Bertz CT molecular complexity index is 735. The summed E-state index contributed by atoms with van der Waals surface area (Å²) in [7, 11) is 0. The van der Waals surface area contributed by atoms with Crippen molar-refractivity contribution in [2.75, 3.05) is 23.0 Å². The van der Waals surface area contributed by atoms with Gasteiger partial charge < -0.3 is 15.4 Å². The molecule has 0 radical (unpaired) electrons. The molecule has 0 spiro atoms. The second-order valence-electron chi connectivity index (χ2n) is 5.45. The molecule has 0 fully saturated rings. The van der Waals surface area contributed by atoms with Gasteiger partial charge >= 0.3 is 0 Å². The van der Waals surface area contributed by atoms with Crippen LogP contribution < -0.4 is 15.4 Å². The molecule has 26 heavy (non-hydrogen) atoms. The third kappa shape index (κ3) is 6.40. The van der Waals surface area contributed by atoms with Gasteiger partial charge in [-0.05, 0) is 62.4 Å². The first-order valence-electron chi connectivity index (χ1n) is 8.18. The molecule has 0 aliphatic rings. The largest absolute Gasteiger partial charge is 0.494 e. The normalized spacial score (nSPS) is 11.5. The quantitative estimate of drug-likeness (QED) is 0.733. The Morgan fingerprint density at radius 1 is 1.04 bits per heavy atom. The van der Waals surface area contributed by atoms with Gasteiger partial charge in [-0.3, -0.25) is 9.59 Å². The molecule has 7 heteroatoms. The third-order valence-electron chi connectivity index (χ3n) is 3.39. The Balaban J connectivity index is 1.76. The summed E-state index contributed by atoms with van der Waals surface area (Å²) < 4.78 is 18.2. The Kier molecular flexibility index (Phi) is 7.47. The molecule has 0 aliphatic carbocycles. The first kappa shape index (κ1) is 19.8. The summed E-state index contributed by atoms with van der Waals surface area (Å²) in [6.45, 7) is 4.20. The number of hydrogen-bond donors (Lipinski definition) is 2. The van der Waals surface area contributed by atoms with Gasteiger partial charge in [0.1, 0.15) is 11.6 Å². The number of carbonyl (C=O) groups is 2. The van der Waals surface area contributed by atoms with Gasteiger partial charge in [-0.15, -0.1) is 11.8 Å². The van der Waals surface area contributed by atoms with Crippen LogP contribution in [0.1, 0.15) is 13.8 Å². The molecule has 2 N–H and O–H groups in total. The number of anilines is 2.